The van der Waals surface area contributed by atoms with Gasteiger partial charge in [0, 0.05) is 23.9 Å². The molecule has 0 spiro atoms. The van der Waals surface area contributed by atoms with Gasteiger partial charge in [0.15, 0.2) is 0 Å². The zero-order chi connectivity index (χ0) is 22.1. The van der Waals surface area contributed by atoms with Crippen LogP contribution in [0.5, 0.6) is 5.75 Å². The van der Waals surface area contributed by atoms with Gasteiger partial charge in [-0.15, -0.1) is 0 Å². The van der Waals surface area contributed by atoms with Crippen LogP contribution in [0.2, 0.25) is 0 Å². The van der Waals surface area contributed by atoms with Crippen LogP contribution in [0.1, 0.15) is 28.8 Å². The first kappa shape index (κ1) is 21.8. The highest BCUT2D eigenvalue weighted by Gasteiger charge is 2.07. The summed E-state index contributed by atoms with van der Waals surface area (Å²) in [7, 11) is 0. The van der Waals surface area contributed by atoms with E-state index in [1.54, 1.807) is 24.3 Å². The molecule has 0 radical (unpaired) electrons. The number of carbonyl (C=O) groups is 3. The molecule has 0 atom stereocenters. The minimum absolute atomic E-state index is 0.0650. The maximum Gasteiger partial charge on any atom is 0.251 e. The molecule has 7 nitrogen and oxygen atoms in total. The molecule has 3 amide bonds. The molecule has 0 heterocycles. The highest BCUT2D eigenvalue weighted by Crippen LogP contribution is 2.25. The van der Waals surface area contributed by atoms with Gasteiger partial charge in [0.05, 0.1) is 13.2 Å². The van der Waals surface area contributed by atoms with Crippen molar-refractivity contribution in [1.29, 1.82) is 0 Å². The number of rotatable bonds is 10. The molecule has 0 aliphatic heterocycles. The number of benzene rings is 3. The van der Waals surface area contributed by atoms with E-state index in [9.17, 15) is 14.4 Å². The van der Waals surface area contributed by atoms with Crippen molar-refractivity contribution in [1.82, 2.24) is 10.6 Å². The van der Waals surface area contributed by atoms with E-state index < -0.39 is 5.91 Å². The summed E-state index contributed by atoms with van der Waals surface area (Å²) in [4.78, 5) is 34.7. The fraction of sp³-hybridized carbons (Fsp3) is 0.208. The van der Waals surface area contributed by atoms with E-state index in [1.165, 1.54) is 0 Å². The summed E-state index contributed by atoms with van der Waals surface area (Å²) < 4.78 is 5.86. The number of carbonyl (C=O) groups excluding carboxylic acids is 3. The maximum atomic E-state index is 12.1. The number of primary amides is 1. The third kappa shape index (κ3) is 6.57. The summed E-state index contributed by atoms with van der Waals surface area (Å²) in [5.41, 5.74) is 6.29. The number of nitrogens with one attached hydrogen (secondary N) is 2. The van der Waals surface area contributed by atoms with Crippen molar-refractivity contribution in [2.24, 2.45) is 5.73 Å². The minimum Gasteiger partial charge on any atom is -0.493 e. The van der Waals surface area contributed by atoms with Crippen molar-refractivity contribution in [3.05, 3.63) is 77.9 Å². The number of ether oxygens (including phenoxy) is 1. The topological polar surface area (TPSA) is 111 Å². The predicted octanol–water partition coefficient (Wildman–Crippen LogP) is 2.53. The Morgan fingerprint density at radius 2 is 1.61 bits per heavy atom. The Labute approximate surface area is 180 Å². The molecule has 0 saturated carbocycles. The van der Waals surface area contributed by atoms with Crippen LogP contribution in [0.4, 0.5) is 0 Å². The second kappa shape index (κ2) is 10.8. The van der Waals surface area contributed by atoms with Gasteiger partial charge in [-0.1, -0.05) is 48.5 Å². The summed E-state index contributed by atoms with van der Waals surface area (Å²) >= 11 is 0. The van der Waals surface area contributed by atoms with Gasteiger partial charge < -0.3 is 21.1 Å². The lowest BCUT2D eigenvalue weighted by Crippen LogP contribution is -2.33. The lowest BCUT2D eigenvalue weighted by molar-refractivity contribution is -0.121. The fourth-order valence-corrected chi connectivity index (χ4v) is 3.07. The Kier molecular flexibility index (Phi) is 7.59. The second-order valence-corrected chi connectivity index (χ2v) is 7.05. The second-order valence-electron chi connectivity index (χ2n) is 7.05. The number of nitrogens with two attached hydrogens (primary N) is 1. The average molecular weight is 419 g/mol. The van der Waals surface area contributed by atoms with Crippen molar-refractivity contribution in [2.75, 3.05) is 13.2 Å². The van der Waals surface area contributed by atoms with Crippen LogP contribution in [0, 0.1) is 0 Å². The Hall–Kier alpha value is -3.87. The molecule has 3 aromatic rings. The molecule has 4 N–H and O–H groups in total. The first-order chi connectivity index (χ1) is 15.0. The van der Waals surface area contributed by atoms with Crippen LogP contribution >= 0.6 is 0 Å². The van der Waals surface area contributed by atoms with Crippen LogP contribution in [-0.4, -0.2) is 30.9 Å². The molecule has 3 aromatic carbocycles. The van der Waals surface area contributed by atoms with E-state index in [-0.39, 0.29) is 18.4 Å². The quantitative estimate of drug-likeness (QED) is 0.439. The number of amides is 3. The van der Waals surface area contributed by atoms with Gasteiger partial charge >= 0.3 is 0 Å². The van der Waals surface area contributed by atoms with Crippen molar-refractivity contribution in [3.63, 3.8) is 0 Å². The highest BCUT2D eigenvalue weighted by atomic mass is 16.5. The summed E-state index contributed by atoms with van der Waals surface area (Å²) in [5.74, 6) is -0.223. The fourth-order valence-electron chi connectivity index (χ4n) is 3.07. The van der Waals surface area contributed by atoms with Gasteiger partial charge in [0.2, 0.25) is 11.8 Å². The van der Waals surface area contributed by atoms with Crippen LogP contribution in [-0.2, 0) is 16.1 Å². The standard InChI is InChI=1S/C24H25N3O4/c25-22(28)16-27-24(30)19-12-10-17(11-13-19)15-26-23(29)9-4-14-31-21-8-3-6-18-5-1-2-7-20(18)21/h1-3,5-8,10-13H,4,9,14-16H2,(H2,25,28)(H,26,29)(H,27,30). The van der Waals surface area contributed by atoms with Gasteiger partial charge in [0.1, 0.15) is 5.75 Å². The smallest absolute Gasteiger partial charge is 0.251 e. The molecule has 31 heavy (non-hydrogen) atoms. The van der Waals surface area contributed by atoms with E-state index in [0.717, 1.165) is 22.1 Å². The molecular weight excluding hydrogens is 394 g/mol. The van der Waals surface area contributed by atoms with Gasteiger partial charge in [-0.25, -0.2) is 0 Å². The maximum absolute atomic E-state index is 12.1. The molecule has 0 aliphatic rings. The molecule has 7 heteroatoms. The summed E-state index contributed by atoms with van der Waals surface area (Å²) in [5, 5.41) is 7.46. The largest absolute Gasteiger partial charge is 0.493 e. The Morgan fingerprint density at radius 3 is 2.39 bits per heavy atom. The van der Waals surface area contributed by atoms with E-state index in [1.807, 2.05) is 42.5 Å². The van der Waals surface area contributed by atoms with E-state index >= 15 is 0 Å². The van der Waals surface area contributed by atoms with Crippen molar-refractivity contribution < 1.29 is 19.1 Å². The van der Waals surface area contributed by atoms with Gasteiger partial charge in [-0.3, -0.25) is 14.4 Å². The number of hydrogen-bond donors (Lipinski definition) is 3. The van der Waals surface area contributed by atoms with Gasteiger partial charge in [-0.05, 0) is 35.6 Å². The van der Waals surface area contributed by atoms with Crippen LogP contribution in [0.25, 0.3) is 10.8 Å². The zero-order valence-corrected chi connectivity index (χ0v) is 17.1. The normalized spacial score (nSPS) is 10.5. The van der Waals surface area contributed by atoms with Crippen molar-refractivity contribution >= 4 is 28.5 Å². The van der Waals surface area contributed by atoms with Crippen LogP contribution in [0.3, 0.4) is 0 Å². The Morgan fingerprint density at radius 1 is 0.871 bits per heavy atom. The van der Waals surface area contributed by atoms with Crippen molar-refractivity contribution in [3.8, 4) is 5.75 Å². The lowest BCUT2D eigenvalue weighted by Gasteiger charge is -2.10. The Bertz CT molecular complexity index is 1060. The van der Waals surface area contributed by atoms with Gasteiger partial charge in [0.25, 0.3) is 5.91 Å². The molecule has 0 unspecified atom stereocenters. The summed E-state index contributed by atoms with van der Waals surface area (Å²) in [6, 6.07) is 20.7. The van der Waals surface area contributed by atoms with Gasteiger partial charge in [-0.2, -0.15) is 0 Å². The SMILES string of the molecule is NC(=O)CNC(=O)c1ccc(CNC(=O)CCCOc2cccc3ccccc23)cc1. The van der Waals surface area contributed by atoms with Crippen LogP contribution in [0.15, 0.2) is 66.7 Å². The molecule has 0 bridgehead atoms. The van der Waals surface area contributed by atoms with E-state index in [2.05, 4.69) is 10.6 Å². The minimum atomic E-state index is -0.602. The summed E-state index contributed by atoms with van der Waals surface area (Å²) in [6.45, 7) is 0.615. The summed E-state index contributed by atoms with van der Waals surface area (Å²) in [6.07, 6.45) is 0.965. The molecule has 0 aromatic heterocycles. The van der Waals surface area contributed by atoms with E-state index in [4.69, 9.17) is 10.5 Å². The molecule has 0 aliphatic carbocycles. The third-order valence-corrected chi connectivity index (χ3v) is 4.68. The molecule has 0 fully saturated rings. The third-order valence-electron chi connectivity index (χ3n) is 4.68. The highest BCUT2D eigenvalue weighted by molar-refractivity contribution is 5.96. The average Bonchev–Trinajstić information content (AvgIpc) is 2.79. The number of hydrogen-bond acceptors (Lipinski definition) is 4. The number of fused-ring (bicyclic) bond motifs is 1. The van der Waals surface area contributed by atoms with E-state index in [0.29, 0.717) is 31.6 Å². The molecule has 160 valence electrons. The zero-order valence-electron chi connectivity index (χ0n) is 17.1. The first-order valence-electron chi connectivity index (χ1n) is 10.1. The van der Waals surface area contributed by atoms with Crippen LogP contribution < -0.4 is 21.1 Å². The van der Waals surface area contributed by atoms with Crippen molar-refractivity contribution in [2.45, 2.75) is 19.4 Å². The predicted molar refractivity (Wildman–Crippen MR) is 118 cm³/mol. The molecule has 3 rings (SSSR count). The first-order valence-corrected chi connectivity index (χ1v) is 10.1. The lowest BCUT2D eigenvalue weighted by atomic mass is 10.1. The molecule has 0 saturated heterocycles. The molecular formula is C24H25N3O4. The monoisotopic (exact) mass is 419 g/mol. The Balaban J connectivity index is 1.38.